The third-order valence-corrected chi connectivity index (χ3v) is 3.52. The van der Waals surface area contributed by atoms with Crippen LogP contribution in [0.4, 0.5) is 0 Å². The van der Waals surface area contributed by atoms with E-state index < -0.39 is 20.0 Å². The third-order valence-electron chi connectivity index (χ3n) is 2.64. The smallest absolute Gasteiger partial charge is 0.338 e. The Hall–Kier alpha value is -2.32. The number of rotatable bonds is 3. The lowest BCUT2D eigenvalue weighted by atomic mass is 10.0. The Morgan fingerprint density at radius 2 is 1.82 bits per heavy atom. The monoisotopic (exact) mass is 316 g/mol. The zero-order valence-electron chi connectivity index (χ0n) is 13.5. The van der Waals surface area contributed by atoms with Gasteiger partial charge in [-0.2, -0.15) is 0 Å². The molecule has 0 atom stereocenters. The summed E-state index contributed by atoms with van der Waals surface area (Å²) in [7, 11) is 1.12. The molecule has 0 unspecified atom stereocenters. The largest absolute Gasteiger partial charge is 0.466 e. The molecule has 0 radical (unpaired) electrons. The molecule has 0 aliphatic carbocycles. The predicted octanol–water partition coefficient (Wildman–Crippen LogP) is 2.89. The average molecular weight is 316 g/mol. The predicted molar refractivity (Wildman–Crippen MR) is 89.1 cm³/mol. The van der Waals surface area contributed by atoms with Crippen LogP contribution >= 0.6 is 0 Å². The summed E-state index contributed by atoms with van der Waals surface area (Å²) in [6.07, 6.45) is 2.78. The normalized spacial score (nSPS) is 10.8. The number of esters is 2. The minimum Gasteiger partial charge on any atom is -0.466 e. The summed E-state index contributed by atoms with van der Waals surface area (Å²) in [5, 5.41) is 0. The molecule has 1 aromatic rings. The molecule has 116 valence electrons. The van der Waals surface area contributed by atoms with Crippen molar-refractivity contribution in [1.82, 2.24) is 0 Å². The van der Waals surface area contributed by atoms with E-state index in [1.165, 1.54) is 26.4 Å². The Morgan fingerprint density at radius 1 is 1.14 bits per heavy atom. The van der Waals surface area contributed by atoms with E-state index in [9.17, 15) is 9.59 Å². The number of hydrogen-bond acceptors (Lipinski definition) is 4. The van der Waals surface area contributed by atoms with Gasteiger partial charge in [-0.15, -0.1) is 5.54 Å². The van der Waals surface area contributed by atoms with Crippen LogP contribution in [-0.2, 0) is 14.3 Å². The second-order valence-electron chi connectivity index (χ2n) is 5.65. The van der Waals surface area contributed by atoms with Gasteiger partial charge in [0.05, 0.1) is 19.8 Å². The molecule has 0 N–H and O–H groups in total. The highest BCUT2D eigenvalue weighted by Crippen LogP contribution is 2.15. The Balaban J connectivity index is 3.24. The first-order valence-corrected chi connectivity index (χ1v) is 10.3. The number of carbonyl (C=O) groups is 2. The van der Waals surface area contributed by atoms with E-state index in [2.05, 4.69) is 35.8 Å². The molecule has 0 aliphatic rings. The van der Waals surface area contributed by atoms with Crippen LogP contribution in [0.15, 0.2) is 24.3 Å². The molecular weight excluding hydrogens is 296 g/mol. The second kappa shape index (κ2) is 7.62. The lowest BCUT2D eigenvalue weighted by Crippen LogP contribution is -2.16. The Labute approximate surface area is 132 Å². The lowest BCUT2D eigenvalue weighted by Gasteiger charge is -2.06. The minimum absolute atomic E-state index is 0.366. The maximum Gasteiger partial charge on any atom is 0.338 e. The molecular formula is C17H20O4Si. The van der Waals surface area contributed by atoms with Crippen molar-refractivity contribution in [3.63, 3.8) is 0 Å². The van der Waals surface area contributed by atoms with E-state index in [1.54, 1.807) is 12.1 Å². The fraction of sp³-hybridized carbons (Fsp3) is 0.294. The first-order valence-electron chi connectivity index (χ1n) is 6.78. The Bertz CT molecular complexity index is 657. The van der Waals surface area contributed by atoms with Gasteiger partial charge in [-0.25, -0.2) is 9.59 Å². The quantitative estimate of drug-likeness (QED) is 0.372. The van der Waals surface area contributed by atoms with E-state index >= 15 is 0 Å². The van der Waals surface area contributed by atoms with Crippen molar-refractivity contribution < 1.29 is 19.1 Å². The molecule has 0 aromatic heterocycles. The van der Waals surface area contributed by atoms with Gasteiger partial charge in [-0.3, -0.25) is 0 Å². The molecule has 0 saturated carbocycles. The van der Waals surface area contributed by atoms with Crippen molar-refractivity contribution in [1.29, 1.82) is 0 Å². The van der Waals surface area contributed by atoms with Crippen LogP contribution in [0.25, 0.3) is 6.08 Å². The van der Waals surface area contributed by atoms with Crippen LogP contribution in [0.5, 0.6) is 0 Å². The zero-order chi connectivity index (χ0) is 16.8. The van der Waals surface area contributed by atoms with Gasteiger partial charge in [0.1, 0.15) is 8.07 Å². The molecule has 0 fully saturated rings. The van der Waals surface area contributed by atoms with Crippen molar-refractivity contribution in [2.75, 3.05) is 14.2 Å². The van der Waals surface area contributed by atoms with Gasteiger partial charge in [-0.1, -0.05) is 31.6 Å². The van der Waals surface area contributed by atoms with Crippen LogP contribution in [-0.4, -0.2) is 34.2 Å². The molecule has 4 nitrogen and oxygen atoms in total. The van der Waals surface area contributed by atoms with Crippen LogP contribution in [0.1, 0.15) is 21.5 Å². The van der Waals surface area contributed by atoms with Gasteiger partial charge in [0, 0.05) is 11.6 Å². The van der Waals surface area contributed by atoms with E-state index in [-0.39, 0.29) is 0 Å². The molecule has 0 amide bonds. The maximum atomic E-state index is 11.9. The van der Waals surface area contributed by atoms with E-state index in [0.717, 1.165) is 5.56 Å². The number of hydrogen-bond donors (Lipinski definition) is 0. The van der Waals surface area contributed by atoms with E-state index in [4.69, 9.17) is 4.74 Å². The molecule has 0 bridgehead atoms. The average Bonchev–Trinajstić information content (AvgIpc) is 2.49. The fourth-order valence-electron chi connectivity index (χ4n) is 1.55. The van der Waals surface area contributed by atoms with Gasteiger partial charge >= 0.3 is 11.9 Å². The summed E-state index contributed by atoms with van der Waals surface area (Å²) in [6, 6.07) is 5.23. The van der Waals surface area contributed by atoms with Gasteiger partial charge in [0.25, 0.3) is 0 Å². The van der Waals surface area contributed by atoms with Crippen molar-refractivity contribution in [2.24, 2.45) is 0 Å². The summed E-state index contributed by atoms with van der Waals surface area (Å²) < 4.78 is 9.32. The molecule has 0 spiro atoms. The number of benzene rings is 1. The van der Waals surface area contributed by atoms with Crippen molar-refractivity contribution >= 4 is 26.1 Å². The minimum atomic E-state index is -1.49. The number of ether oxygens (including phenoxy) is 2. The fourth-order valence-corrected chi connectivity index (χ4v) is 2.07. The summed E-state index contributed by atoms with van der Waals surface area (Å²) in [5.41, 5.74) is 4.94. The summed E-state index contributed by atoms with van der Waals surface area (Å²) in [5.74, 6) is 2.14. The SMILES string of the molecule is COC(=O)/C=C/c1ccc(C#C[Si](C)(C)C)cc1C(=O)OC. The number of carbonyl (C=O) groups excluding carboxylic acids is 2. The van der Waals surface area contributed by atoms with Crippen LogP contribution in [0.3, 0.4) is 0 Å². The summed E-state index contributed by atoms with van der Waals surface area (Å²) >= 11 is 0. The molecule has 0 aliphatic heterocycles. The topological polar surface area (TPSA) is 52.6 Å². The van der Waals surface area contributed by atoms with Gasteiger partial charge in [-0.05, 0) is 23.8 Å². The van der Waals surface area contributed by atoms with Gasteiger partial charge in [0.2, 0.25) is 0 Å². The van der Waals surface area contributed by atoms with Gasteiger partial charge < -0.3 is 9.47 Å². The van der Waals surface area contributed by atoms with E-state index in [0.29, 0.717) is 11.1 Å². The zero-order valence-corrected chi connectivity index (χ0v) is 14.5. The third kappa shape index (κ3) is 5.58. The molecule has 0 saturated heterocycles. The molecule has 5 heteroatoms. The van der Waals surface area contributed by atoms with Crippen LogP contribution in [0, 0.1) is 11.5 Å². The molecule has 22 heavy (non-hydrogen) atoms. The molecule has 1 aromatic carbocycles. The first kappa shape index (κ1) is 17.7. The molecule has 1 rings (SSSR count). The second-order valence-corrected chi connectivity index (χ2v) is 10.4. The highest BCUT2D eigenvalue weighted by atomic mass is 28.3. The summed E-state index contributed by atoms with van der Waals surface area (Å²) in [6.45, 7) is 6.44. The van der Waals surface area contributed by atoms with Crippen molar-refractivity contribution in [3.8, 4) is 11.5 Å². The highest BCUT2D eigenvalue weighted by Gasteiger charge is 2.12. The standard InChI is InChI=1S/C17H20O4Si/c1-20-16(18)9-8-14-7-6-13(10-11-22(3,4)5)12-15(14)17(19)21-2/h6-9,12H,1-5H3/b9-8+. The Morgan fingerprint density at radius 3 is 2.36 bits per heavy atom. The van der Waals surface area contributed by atoms with Gasteiger partial charge in [0.15, 0.2) is 0 Å². The maximum absolute atomic E-state index is 11.9. The number of methoxy groups -OCH3 is 2. The molecule has 0 heterocycles. The Kier molecular flexibility index (Phi) is 6.14. The lowest BCUT2D eigenvalue weighted by molar-refractivity contribution is -0.134. The van der Waals surface area contributed by atoms with Crippen molar-refractivity contribution in [3.05, 3.63) is 41.0 Å². The van der Waals surface area contributed by atoms with Crippen LogP contribution in [0.2, 0.25) is 19.6 Å². The van der Waals surface area contributed by atoms with Crippen molar-refractivity contribution in [2.45, 2.75) is 19.6 Å². The highest BCUT2D eigenvalue weighted by molar-refractivity contribution is 6.83. The summed E-state index contributed by atoms with van der Waals surface area (Å²) in [4.78, 5) is 23.1. The van der Waals surface area contributed by atoms with Crippen LogP contribution < -0.4 is 0 Å². The van der Waals surface area contributed by atoms with E-state index in [1.807, 2.05) is 6.07 Å². The first-order chi connectivity index (χ1) is 10.3.